The molecule has 0 spiro atoms. The summed E-state index contributed by atoms with van der Waals surface area (Å²) < 4.78 is 25.2. The van der Waals surface area contributed by atoms with Gasteiger partial charge in [-0.3, -0.25) is 0 Å². The lowest BCUT2D eigenvalue weighted by Gasteiger charge is -2.13. The molecule has 4 nitrogen and oxygen atoms in total. The molecular weight excluding hydrogens is 188 g/mol. The lowest BCUT2D eigenvalue weighted by molar-refractivity contribution is 0.559. The molecule has 0 aliphatic carbocycles. The molecule has 0 aliphatic rings. The van der Waals surface area contributed by atoms with Crippen molar-refractivity contribution in [2.75, 3.05) is 19.6 Å². The van der Waals surface area contributed by atoms with Crippen molar-refractivity contribution in [2.45, 2.75) is 32.4 Å². The number of sulfonamides is 1. The number of rotatable bonds is 7. The molecule has 0 bridgehead atoms. The van der Waals surface area contributed by atoms with Crippen LogP contribution in [0.1, 0.15) is 27.2 Å². The van der Waals surface area contributed by atoms with E-state index in [1.165, 1.54) is 0 Å². The smallest absolute Gasteiger partial charge is 0.215 e. The van der Waals surface area contributed by atoms with Gasteiger partial charge >= 0.3 is 0 Å². The lowest BCUT2D eigenvalue weighted by Crippen LogP contribution is -2.39. The minimum atomic E-state index is -3.10. The summed E-state index contributed by atoms with van der Waals surface area (Å²) in [4.78, 5) is 0. The maximum atomic E-state index is 11.4. The van der Waals surface area contributed by atoms with Crippen LogP contribution in [-0.2, 0) is 10.0 Å². The molecule has 0 aromatic rings. The third-order valence-corrected chi connectivity index (χ3v) is 3.65. The Morgan fingerprint density at radius 2 is 1.92 bits per heavy atom. The van der Waals surface area contributed by atoms with E-state index in [0.717, 1.165) is 13.0 Å². The second kappa shape index (κ2) is 6.34. The average molecular weight is 208 g/mol. The maximum Gasteiger partial charge on any atom is 0.215 e. The molecule has 0 aliphatic heterocycles. The van der Waals surface area contributed by atoms with Gasteiger partial charge in [0, 0.05) is 13.1 Å². The fourth-order valence-corrected chi connectivity index (χ4v) is 1.96. The van der Waals surface area contributed by atoms with Crippen LogP contribution in [0, 0.1) is 0 Å². The Kier molecular flexibility index (Phi) is 6.28. The summed E-state index contributed by atoms with van der Waals surface area (Å²) in [6.45, 7) is 7.39. The Balaban J connectivity index is 3.87. The molecule has 0 amide bonds. The van der Waals surface area contributed by atoms with Gasteiger partial charge in [-0.2, -0.15) is 0 Å². The normalized spacial score (nSPS) is 14.4. The molecule has 0 aromatic heterocycles. The highest BCUT2D eigenvalue weighted by molar-refractivity contribution is 7.90. The Hall–Kier alpha value is -0.130. The number of hydrogen-bond donors (Lipinski definition) is 2. The summed E-state index contributed by atoms with van der Waals surface area (Å²) in [7, 11) is -3.10. The van der Waals surface area contributed by atoms with Crippen molar-refractivity contribution < 1.29 is 8.42 Å². The summed E-state index contributed by atoms with van der Waals surface area (Å²) >= 11 is 0. The SMILES string of the molecule is CCCNCC(C)S(=O)(=O)NCC. The molecule has 0 saturated carbocycles. The lowest BCUT2D eigenvalue weighted by atomic mass is 10.4. The molecule has 0 aromatic carbocycles. The zero-order valence-corrected chi connectivity index (χ0v) is 9.45. The molecule has 13 heavy (non-hydrogen) atoms. The van der Waals surface area contributed by atoms with Crippen LogP contribution in [0.3, 0.4) is 0 Å². The Bertz CT molecular complexity index is 214. The minimum Gasteiger partial charge on any atom is -0.315 e. The van der Waals surface area contributed by atoms with E-state index in [4.69, 9.17) is 0 Å². The van der Waals surface area contributed by atoms with Crippen LogP contribution in [0.2, 0.25) is 0 Å². The molecule has 0 fully saturated rings. The predicted octanol–water partition coefficient (Wildman–Crippen LogP) is 0.314. The summed E-state index contributed by atoms with van der Waals surface area (Å²) in [6, 6.07) is 0. The molecule has 5 heteroatoms. The molecule has 0 radical (unpaired) electrons. The van der Waals surface area contributed by atoms with Crippen molar-refractivity contribution in [3.05, 3.63) is 0 Å². The summed E-state index contributed by atoms with van der Waals surface area (Å²) in [5.74, 6) is 0. The molecule has 0 rings (SSSR count). The maximum absolute atomic E-state index is 11.4. The number of nitrogens with one attached hydrogen (secondary N) is 2. The monoisotopic (exact) mass is 208 g/mol. The van der Waals surface area contributed by atoms with Crippen LogP contribution in [0.5, 0.6) is 0 Å². The zero-order chi connectivity index (χ0) is 10.3. The summed E-state index contributed by atoms with van der Waals surface area (Å²) in [6.07, 6.45) is 1.02. The van der Waals surface area contributed by atoms with Crippen molar-refractivity contribution in [1.82, 2.24) is 10.0 Å². The molecule has 1 unspecified atom stereocenters. The third kappa shape index (κ3) is 5.23. The Morgan fingerprint density at radius 3 is 2.38 bits per heavy atom. The van der Waals surface area contributed by atoms with Gasteiger partial charge in [-0.25, -0.2) is 13.1 Å². The molecule has 1 atom stereocenters. The van der Waals surface area contributed by atoms with Crippen molar-refractivity contribution in [1.29, 1.82) is 0 Å². The van der Waals surface area contributed by atoms with Gasteiger partial charge in [0.15, 0.2) is 0 Å². The third-order valence-electron chi connectivity index (χ3n) is 1.73. The van der Waals surface area contributed by atoms with E-state index in [2.05, 4.69) is 17.0 Å². The first-order valence-electron chi connectivity index (χ1n) is 4.73. The standard InChI is InChI=1S/C8H20N2O2S/c1-4-6-9-7-8(3)13(11,12)10-5-2/h8-10H,4-7H2,1-3H3. The van der Waals surface area contributed by atoms with Gasteiger partial charge in [0.2, 0.25) is 10.0 Å². The van der Waals surface area contributed by atoms with Gasteiger partial charge in [0.1, 0.15) is 0 Å². The van der Waals surface area contributed by atoms with Crippen molar-refractivity contribution in [3.8, 4) is 0 Å². The topological polar surface area (TPSA) is 58.2 Å². The van der Waals surface area contributed by atoms with Crippen LogP contribution in [0.4, 0.5) is 0 Å². The van der Waals surface area contributed by atoms with Crippen molar-refractivity contribution in [3.63, 3.8) is 0 Å². The van der Waals surface area contributed by atoms with E-state index < -0.39 is 10.0 Å². The van der Waals surface area contributed by atoms with Crippen LogP contribution in [0.25, 0.3) is 0 Å². The predicted molar refractivity (Wildman–Crippen MR) is 55.2 cm³/mol. The van der Waals surface area contributed by atoms with Gasteiger partial charge in [0.25, 0.3) is 0 Å². The first-order valence-corrected chi connectivity index (χ1v) is 6.28. The first kappa shape index (κ1) is 12.9. The molecule has 80 valence electrons. The molecule has 0 heterocycles. The highest BCUT2D eigenvalue weighted by Crippen LogP contribution is 1.95. The van der Waals surface area contributed by atoms with Crippen LogP contribution in [0.15, 0.2) is 0 Å². The fourth-order valence-electron chi connectivity index (χ4n) is 0.935. The number of hydrogen-bond acceptors (Lipinski definition) is 3. The zero-order valence-electron chi connectivity index (χ0n) is 8.63. The van der Waals surface area contributed by atoms with Crippen LogP contribution < -0.4 is 10.0 Å². The van der Waals surface area contributed by atoms with E-state index in [0.29, 0.717) is 13.1 Å². The summed E-state index contributed by atoms with van der Waals surface area (Å²) in [5.41, 5.74) is 0. The molecule has 2 N–H and O–H groups in total. The minimum absolute atomic E-state index is 0.362. The van der Waals surface area contributed by atoms with E-state index in [1.807, 2.05) is 0 Å². The van der Waals surface area contributed by atoms with Gasteiger partial charge in [-0.05, 0) is 19.9 Å². The van der Waals surface area contributed by atoms with Gasteiger partial charge in [0.05, 0.1) is 5.25 Å². The molecule has 0 saturated heterocycles. The first-order chi connectivity index (χ1) is 6.04. The van der Waals surface area contributed by atoms with E-state index in [9.17, 15) is 8.42 Å². The molecular formula is C8H20N2O2S. The highest BCUT2D eigenvalue weighted by Gasteiger charge is 2.18. The second-order valence-electron chi connectivity index (χ2n) is 3.06. The van der Waals surface area contributed by atoms with E-state index in [1.54, 1.807) is 13.8 Å². The fraction of sp³-hybridized carbons (Fsp3) is 1.00. The highest BCUT2D eigenvalue weighted by atomic mass is 32.2. The van der Waals surface area contributed by atoms with Crippen molar-refractivity contribution >= 4 is 10.0 Å². The quantitative estimate of drug-likeness (QED) is 0.592. The Morgan fingerprint density at radius 1 is 1.31 bits per heavy atom. The van der Waals surface area contributed by atoms with Crippen molar-refractivity contribution in [2.24, 2.45) is 0 Å². The van der Waals surface area contributed by atoms with E-state index >= 15 is 0 Å². The average Bonchev–Trinajstić information content (AvgIpc) is 2.04. The summed E-state index contributed by atoms with van der Waals surface area (Å²) in [5, 5.41) is 2.72. The van der Waals surface area contributed by atoms with Crippen LogP contribution >= 0.6 is 0 Å². The Labute approximate surface area is 81.2 Å². The largest absolute Gasteiger partial charge is 0.315 e. The van der Waals surface area contributed by atoms with Crippen LogP contribution in [-0.4, -0.2) is 33.3 Å². The van der Waals surface area contributed by atoms with Gasteiger partial charge < -0.3 is 5.32 Å². The van der Waals surface area contributed by atoms with E-state index in [-0.39, 0.29) is 5.25 Å². The van der Waals surface area contributed by atoms with Gasteiger partial charge in [-0.15, -0.1) is 0 Å². The second-order valence-corrected chi connectivity index (χ2v) is 5.24. The van der Waals surface area contributed by atoms with Gasteiger partial charge in [-0.1, -0.05) is 13.8 Å².